The molecule has 1 fully saturated rings. The van der Waals surface area contributed by atoms with Gasteiger partial charge in [-0.05, 0) is 36.8 Å². The second-order valence-corrected chi connectivity index (χ2v) is 9.15. The number of carbonyl (C=O) groups is 1. The smallest absolute Gasteiger partial charge is 0.263 e. The molecule has 0 saturated carbocycles. The molecule has 4 rings (SSSR count). The Kier molecular flexibility index (Phi) is 5.23. The van der Waals surface area contributed by atoms with Crippen LogP contribution in [0, 0.1) is 6.92 Å². The van der Waals surface area contributed by atoms with Crippen molar-refractivity contribution >= 4 is 39.1 Å². The molecular formula is C20H21ClN4O3S. The quantitative estimate of drug-likeness (QED) is 0.804. The van der Waals surface area contributed by atoms with Gasteiger partial charge in [0.05, 0.1) is 4.90 Å². The van der Waals surface area contributed by atoms with Gasteiger partial charge < -0.3 is 9.80 Å². The summed E-state index contributed by atoms with van der Waals surface area (Å²) in [4.78, 5) is 21.0. The Hall–Kier alpha value is -2.58. The van der Waals surface area contributed by atoms with E-state index in [-0.39, 0.29) is 23.2 Å². The number of amides is 1. The fourth-order valence-corrected chi connectivity index (χ4v) is 5.04. The molecule has 29 heavy (non-hydrogen) atoms. The monoisotopic (exact) mass is 432 g/mol. The van der Waals surface area contributed by atoms with Gasteiger partial charge in [0.2, 0.25) is 5.91 Å². The van der Waals surface area contributed by atoms with Crippen LogP contribution in [0.5, 0.6) is 0 Å². The van der Waals surface area contributed by atoms with E-state index < -0.39 is 10.0 Å². The van der Waals surface area contributed by atoms with Crippen molar-refractivity contribution in [2.75, 3.05) is 37.6 Å². The second-order valence-electron chi connectivity index (χ2n) is 7.07. The molecule has 9 heteroatoms. The van der Waals surface area contributed by atoms with Crippen LogP contribution in [0.4, 0.5) is 5.69 Å². The molecule has 1 N–H and O–H groups in total. The zero-order valence-corrected chi connectivity index (χ0v) is 17.5. The number of anilines is 1. The standard InChI is InChI=1S/C20H21ClN4O3S/c1-14-6-7-15(21)12-17(14)24-8-10-25(11-9-24)19(26)13-22-20-16-4-2-3-5-18(16)29(27,28)23-20/h2-7,12H,8-11,13H2,1H3,(H,22,23). The number of sulfonamides is 1. The molecule has 0 unspecified atom stereocenters. The van der Waals surface area contributed by atoms with E-state index >= 15 is 0 Å². The van der Waals surface area contributed by atoms with Gasteiger partial charge in [0, 0.05) is 42.5 Å². The van der Waals surface area contributed by atoms with Crippen LogP contribution in [0.3, 0.4) is 0 Å². The average molecular weight is 433 g/mol. The fourth-order valence-electron chi connectivity index (χ4n) is 3.62. The molecular weight excluding hydrogens is 412 g/mol. The minimum atomic E-state index is -3.60. The van der Waals surface area contributed by atoms with E-state index in [9.17, 15) is 13.2 Å². The van der Waals surface area contributed by atoms with Crippen LogP contribution in [0.25, 0.3) is 0 Å². The van der Waals surface area contributed by atoms with Gasteiger partial charge in [-0.1, -0.05) is 29.8 Å². The molecule has 2 aromatic rings. The Balaban J connectivity index is 1.40. The van der Waals surface area contributed by atoms with Crippen molar-refractivity contribution < 1.29 is 13.2 Å². The molecule has 0 aromatic heterocycles. The topological polar surface area (TPSA) is 82.1 Å². The van der Waals surface area contributed by atoms with E-state index in [2.05, 4.69) is 14.6 Å². The van der Waals surface area contributed by atoms with Gasteiger partial charge in [-0.3, -0.25) is 14.5 Å². The van der Waals surface area contributed by atoms with Gasteiger partial charge in [0.1, 0.15) is 12.4 Å². The maximum Gasteiger partial charge on any atom is 0.263 e. The van der Waals surface area contributed by atoms with Gasteiger partial charge in [0.15, 0.2) is 0 Å². The molecule has 7 nitrogen and oxygen atoms in total. The molecule has 2 aliphatic rings. The summed E-state index contributed by atoms with van der Waals surface area (Å²) in [6, 6.07) is 12.4. The number of carbonyl (C=O) groups excluding carboxylic acids is 1. The molecule has 0 atom stereocenters. The number of fused-ring (bicyclic) bond motifs is 1. The van der Waals surface area contributed by atoms with E-state index in [0.717, 1.165) is 11.3 Å². The number of piperazine rings is 1. The number of hydrogen-bond acceptors (Lipinski definition) is 5. The first-order valence-corrected chi connectivity index (χ1v) is 11.2. The number of hydrogen-bond donors (Lipinski definition) is 1. The number of nitrogens with one attached hydrogen (secondary N) is 1. The van der Waals surface area contributed by atoms with Crippen LogP contribution in [0.2, 0.25) is 5.02 Å². The Morgan fingerprint density at radius 1 is 1.14 bits per heavy atom. The first-order valence-electron chi connectivity index (χ1n) is 9.31. The summed E-state index contributed by atoms with van der Waals surface area (Å²) in [5, 5.41) is 0.694. The van der Waals surface area contributed by atoms with Crippen molar-refractivity contribution in [3.8, 4) is 0 Å². The number of benzene rings is 2. The highest BCUT2D eigenvalue weighted by molar-refractivity contribution is 7.90. The van der Waals surface area contributed by atoms with Crippen LogP contribution in [0.1, 0.15) is 11.1 Å². The minimum absolute atomic E-state index is 0.0949. The van der Waals surface area contributed by atoms with Gasteiger partial charge in [-0.15, -0.1) is 0 Å². The zero-order valence-electron chi connectivity index (χ0n) is 15.9. The molecule has 1 amide bonds. The number of nitrogens with zero attached hydrogens (tertiary/aromatic N) is 3. The van der Waals surface area contributed by atoms with E-state index in [1.165, 1.54) is 6.07 Å². The lowest BCUT2D eigenvalue weighted by atomic mass is 10.1. The molecule has 152 valence electrons. The highest BCUT2D eigenvalue weighted by Crippen LogP contribution is 2.25. The number of halogens is 1. The average Bonchev–Trinajstić information content (AvgIpc) is 2.99. The Morgan fingerprint density at radius 2 is 1.86 bits per heavy atom. The Morgan fingerprint density at radius 3 is 2.62 bits per heavy atom. The highest BCUT2D eigenvalue weighted by Gasteiger charge is 2.30. The lowest BCUT2D eigenvalue weighted by Gasteiger charge is -2.36. The number of rotatable bonds is 3. The van der Waals surface area contributed by atoms with Crippen molar-refractivity contribution in [2.24, 2.45) is 4.99 Å². The molecule has 2 heterocycles. The molecule has 0 radical (unpaired) electrons. The fraction of sp³-hybridized carbons (Fsp3) is 0.300. The normalized spacial score (nSPS) is 19.2. The molecule has 2 aliphatic heterocycles. The third-order valence-electron chi connectivity index (χ3n) is 5.18. The van der Waals surface area contributed by atoms with Gasteiger partial charge in [-0.2, -0.15) is 0 Å². The molecule has 0 aliphatic carbocycles. The van der Waals surface area contributed by atoms with E-state index in [1.54, 1.807) is 23.1 Å². The summed E-state index contributed by atoms with van der Waals surface area (Å²) in [6.45, 7) is 4.52. The van der Waals surface area contributed by atoms with Gasteiger partial charge in [-0.25, -0.2) is 8.42 Å². The highest BCUT2D eigenvalue weighted by atomic mass is 35.5. The SMILES string of the molecule is Cc1ccc(Cl)cc1N1CCN(C(=O)CN=C2NS(=O)(=O)c3ccccc32)CC1. The van der Waals surface area contributed by atoms with Crippen LogP contribution >= 0.6 is 11.6 Å². The number of aryl methyl sites for hydroxylation is 1. The second kappa shape index (κ2) is 7.68. The number of amidine groups is 1. The zero-order chi connectivity index (χ0) is 20.6. The minimum Gasteiger partial charge on any atom is -0.368 e. The predicted molar refractivity (Wildman–Crippen MR) is 113 cm³/mol. The summed E-state index contributed by atoms with van der Waals surface area (Å²) in [6.07, 6.45) is 0. The van der Waals surface area contributed by atoms with Crippen LogP contribution in [0.15, 0.2) is 52.4 Å². The summed E-state index contributed by atoms with van der Waals surface area (Å²) in [7, 11) is -3.60. The van der Waals surface area contributed by atoms with E-state index in [4.69, 9.17) is 11.6 Å². The van der Waals surface area contributed by atoms with E-state index in [0.29, 0.717) is 36.8 Å². The van der Waals surface area contributed by atoms with Crippen LogP contribution < -0.4 is 9.62 Å². The van der Waals surface area contributed by atoms with Crippen LogP contribution in [-0.4, -0.2) is 57.8 Å². The maximum atomic E-state index is 12.6. The molecule has 2 aromatic carbocycles. The first kappa shape index (κ1) is 19.7. The van der Waals surface area contributed by atoms with Crippen molar-refractivity contribution in [1.82, 2.24) is 9.62 Å². The van der Waals surface area contributed by atoms with E-state index in [1.807, 2.05) is 25.1 Å². The lowest BCUT2D eigenvalue weighted by molar-refractivity contribution is -0.129. The predicted octanol–water partition coefficient (Wildman–Crippen LogP) is 2.04. The molecule has 0 spiro atoms. The van der Waals surface area contributed by atoms with Gasteiger partial charge in [0.25, 0.3) is 10.0 Å². The summed E-state index contributed by atoms with van der Waals surface area (Å²) < 4.78 is 26.7. The largest absolute Gasteiger partial charge is 0.368 e. The van der Waals surface area contributed by atoms with Gasteiger partial charge >= 0.3 is 0 Å². The summed E-state index contributed by atoms with van der Waals surface area (Å²) in [5.41, 5.74) is 2.73. The van der Waals surface area contributed by atoms with Crippen LogP contribution in [-0.2, 0) is 14.8 Å². The van der Waals surface area contributed by atoms with Crippen molar-refractivity contribution in [3.05, 3.63) is 58.6 Å². The summed E-state index contributed by atoms with van der Waals surface area (Å²) >= 11 is 6.12. The molecule has 1 saturated heterocycles. The van der Waals surface area contributed by atoms with Crippen molar-refractivity contribution in [1.29, 1.82) is 0 Å². The lowest BCUT2D eigenvalue weighted by Crippen LogP contribution is -2.49. The van der Waals surface area contributed by atoms with Crippen molar-refractivity contribution in [3.63, 3.8) is 0 Å². The number of aliphatic imine (C=N–C) groups is 1. The maximum absolute atomic E-state index is 12.6. The third kappa shape index (κ3) is 3.95. The van der Waals surface area contributed by atoms with Crippen molar-refractivity contribution in [2.45, 2.75) is 11.8 Å². The Labute approximate surface area is 175 Å². The Bertz CT molecular complexity index is 1090. The third-order valence-corrected chi connectivity index (χ3v) is 6.81. The first-order chi connectivity index (χ1) is 13.8. The molecule has 0 bridgehead atoms. The summed E-state index contributed by atoms with van der Waals surface area (Å²) in [5.74, 6) is 0.102.